The molecule has 0 saturated heterocycles. The molecular formula is C23H22N6O2. The van der Waals surface area contributed by atoms with Crippen molar-refractivity contribution in [3.63, 3.8) is 0 Å². The lowest BCUT2D eigenvalue weighted by atomic mass is 10.1. The Hall–Kier alpha value is -4.07. The van der Waals surface area contributed by atoms with E-state index < -0.39 is 5.91 Å². The highest BCUT2D eigenvalue weighted by atomic mass is 16.2. The van der Waals surface area contributed by atoms with Crippen LogP contribution in [0.4, 0.5) is 5.82 Å². The Kier molecular flexibility index (Phi) is 5.44. The molecule has 156 valence electrons. The van der Waals surface area contributed by atoms with E-state index in [2.05, 4.69) is 20.3 Å². The molecule has 0 spiro atoms. The number of aromatic nitrogens is 5. The van der Waals surface area contributed by atoms with Gasteiger partial charge in [-0.25, -0.2) is 9.97 Å². The van der Waals surface area contributed by atoms with E-state index in [1.807, 2.05) is 42.8 Å². The third kappa shape index (κ3) is 4.13. The van der Waals surface area contributed by atoms with E-state index in [0.717, 1.165) is 23.4 Å². The number of pyridine rings is 3. The van der Waals surface area contributed by atoms with Crippen LogP contribution in [0.1, 0.15) is 23.0 Å². The number of carbonyl (C=O) groups is 1. The molecule has 4 aromatic heterocycles. The van der Waals surface area contributed by atoms with Crippen LogP contribution in [-0.4, -0.2) is 30.0 Å². The molecule has 0 bridgehead atoms. The molecule has 0 unspecified atom stereocenters. The molecule has 0 aliphatic rings. The summed E-state index contributed by atoms with van der Waals surface area (Å²) < 4.78 is 3.36. The minimum absolute atomic E-state index is 0.0304. The monoisotopic (exact) mass is 414 g/mol. The van der Waals surface area contributed by atoms with Gasteiger partial charge in [-0.2, -0.15) is 0 Å². The van der Waals surface area contributed by atoms with Gasteiger partial charge in [0.25, 0.3) is 11.5 Å². The van der Waals surface area contributed by atoms with Crippen molar-refractivity contribution >= 4 is 11.7 Å². The molecule has 8 nitrogen and oxygen atoms in total. The first-order valence-corrected chi connectivity index (χ1v) is 9.90. The van der Waals surface area contributed by atoms with Crippen molar-refractivity contribution in [3.05, 3.63) is 82.8 Å². The number of rotatable bonds is 5. The second kappa shape index (κ2) is 8.35. The largest absolute Gasteiger partial charge is 0.330 e. The second-order valence-electron chi connectivity index (χ2n) is 7.15. The molecular weight excluding hydrogens is 392 g/mol. The average molecular weight is 414 g/mol. The highest BCUT2D eigenvalue weighted by Gasteiger charge is 2.16. The number of amides is 1. The third-order valence-electron chi connectivity index (χ3n) is 4.95. The Bertz CT molecular complexity index is 1300. The van der Waals surface area contributed by atoms with E-state index in [4.69, 9.17) is 0 Å². The third-order valence-corrected chi connectivity index (χ3v) is 4.95. The summed E-state index contributed by atoms with van der Waals surface area (Å²) in [4.78, 5) is 38.7. The summed E-state index contributed by atoms with van der Waals surface area (Å²) in [5, 5.41) is 2.74. The van der Waals surface area contributed by atoms with Gasteiger partial charge in [0, 0.05) is 55.2 Å². The summed E-state index contributed by atoms with van der Waals surface area (Å²) >= 11 is 0. The molecule has 1 N–H and O–H groups in total. The van der Waals surface area contributed by atoms with Crippen molar-refractivity contribution in [1.29, 1.82) is 0 Å². The molecule has 0 atom stereocenters. The molecule has 1 amide bonds. The van der Waals surface area contributed by atoms with Crippen molar-refractivity contribution in [2.45, 2.75) is 20.4 Å². The Balaban J connectivity index is 1.65. The summed E-state index contributed by atoms with van der Waals surface area (Å²) in [5.74, 6) is 0.534. The van der Waals surface area contributed by atoms with Gasteiger partial charge in [0.2, 0.25) is 0 Å². The number of nitrogens with zero attached hydrogens (tertiary/aromatic N) is 5. The lowest BCUT2D eigenvalue weighted by molar-refractivity contribution is 0.102. The molecule has 31 heavy (non-hydrogen) atoms. The summed E-state index contributed by atoms with van der Waals surface area (Å²) in [6.07, 6.45) is 6.99. The number of imidazole rings is 1. The Morgan fingerprint density at radius 1 is 1.13 bits per heavy atom. The summed E-state index contributed by atoms with van der Waals surface area (Å²) in [7, 11) is 1.62. The van der Waals surface area contributed by atoms with Crippen LogP contribution in [-0.2, 0) is 13.6 Å². The van der Waals surface area contributed by atoms with Crippen LogP contribution in [0.2, 0.25) is 0 Å². The van der Waals surface area contributed by atoms with Crippen LogP contribution in [0.25, 0.3) is 22.6 Å². The number of aryl methyl sites for hydroxylation is 3. The highest BCUT2D eigenvalue weighted by Crippen LogP contribution is 2.20. The molecule has 4 rings (SSSR count). The standard InChI is InChI=1S/C23H22N6O2/c1-4-29-11-10-24-21(29)19-6-5-7-20(26-19)27-22(30)18-12-17(14-28(3)23(18)31)16-9-8-15(2)25-13-16/h5-14H,4H2,1-3H3,(H,26,27,30). The van der Waals surface area contributed by atoms with Gasteiger partial charge in [0.1, 0.15) is 17.1 Å². The van der Waals surface area contributed by atoms with Gasteiger partial charge in [-0.1, -0.05) is 12.1 Å². The predicted octanol–water partition coefficient (Wildman–Crippen LogP) is 3.29. The lowest BCUT2D eigenvalue weighted by Gasteiger charge is -2.10. The van der Waals surface area contributed by atoms with Gasteiger partial charge in [0.15, 0.2) is 5.82 Å². The van der Waals surface area contributed by atoms with Crippen LogP contribution < -0.4 is 10.9 Å². The van der Waals surface area contributed by atoms with E-state index in [9.17, 15) is 9.59 Å². The number of anilines is 1. The fourth-order valence-corrected chi connectivity index (χ4v) is 3.28. The molecule has 0 radical (unpaired) electrons. The van der Waals surface area contributed by atoms with Gasteiger partial charge >= 0.3 is 0 Å². The zero-order valence-electron chi connectivity index (χ0n) is 17.5. The van der Waals surface area contributed by atoms with Crippen molar-refractivity contribution in [1.82, 2.24) is 24.1 Å². The van der Waals surface area contributed by atoms with E-state index in [1.165, 1.54) is 4.57 Å². The zero-order valence-corrected chi connectivity index (χ0v) is 17.5. The lowest BCUT2D eigenvalue weighted by Crippen LogP contribution is -2.27. The van der Waals surface area contributed by atoms with Gasteiger partial charge in [-0.15, -0.1) is 0 Å². The molecule has 8 heteroatoms. The molecule has 0 saturated carbocycles. The van der Waals surface area contributed by atoms with Crippen LogP contribution >= 0.6 is 0 Å². The van der Waals surface area contributed by atoms with Crippen molar-refractivity contribution < 1.29 is 4.79 Å². The zero-order chi connectivity index (χ0) is 22.0. The van der Waals surface area contributed by atoms with Crippen molar-refractivity contribution in [3.8, 4) is 22.6 Å². The molecule has 0 aromatic carbocycles. The highest BCUT2D eigenvalue weighted by molar-refractivity contribution is 6.04. The Labute approximate surface area is 179 Å². The van der Waals surface area contributed by atoms with Crippen molar-refractivity contribution in [2.24, 2.45) is 7.05 Å². The SMILES string of the molecule is CCn1ccnc1-c1cccc(NC(=O)c2cc(-c3ccc(C)nc3)cn(C)c2=O)n1. The number of hydrogen-bond donors (Lipinski definition) is 1. The summed E-state index contributed by atoms with van der Waals surface area (Å²) in [6, 6.07) is 10.7. The predicted molar refractivity (Wildman–Crippen MR) is 119 cm³/mol. The molecule has 4 heterocycles. The maximum absolute atomic E-state index is 12.9. The summed E-state index contributed by atoms with van der Waals surface area (Å²) in [6.45, 7) is 4.67. The molecule has 0 fully saturated rings. The van der Waals surface area contributed by atoms with Crippen molar-refractivity contribution in [2.75, 3.05) is 5.32 Å². The van der Waals surface area contributed by atoms with E-state index in [-0.39, 0.29) is 11.1 Å². The first-order chi connectivity index (χ1) is 15.0. The topological polar surface area (TPSA) is 94.7 Å². The molecule has 4 aromatic rings. The number of nitrogens with one attached hydrogen (secondary N) is 1. The van der Waals surface area contributed by atoms with Gasteiger partial charge in [-0.3, -0.25) is 14.6 Å². The Morgan fingerprint density at radius 3 is 2.71 bits per heavy atom. The molecule has 0 aliphatic carbocycles. The molecule has 0 aliphatic heterocycles. The van der Waals surface area contributed by atoms with Crippen LogP contribution in [0.5, 0.6) is 0 Å². The fourth-order valence-electron chi connectivity index (χ4n) is 3.28. The first kappa shape index (κ1) is 20.2. The normalized spacial score (nSPS) is 10.8. The van der Waals surface area contributed by atoms with Gasteiger partial charge < -0.3 is 14.5 Å². The van der Waals surface area contributed by atoms with E-state index in [1.54, 1.807) is 43.8 Å². The average Bonchev–Trinajstić information content (AvgIpc) is 3.25. The fraction of sp³-hybridized carbons (Fsp3) is 0.174. The van der Waals surface area contributed by atoms with Gasteiger partial charge in [-0.05, 0) is 38.1 Å². The van der Waals surface area contributed by atoms with Crippen LogP contribution in [0, 0.1) is 6.92 Å². The maximum Gasteiger partial charge on any atom is 0.263 e. The van der Waals surface area contributed by atoms with Crippen LogP contribution in [0.15, 0.2) is 66.0 Å². The minimum Gasteiger partial charge on any atom is -0.330 e. The second-order valence-corrected chi connectivity index (χ2v) is 7.15. The first-order valence-electron chi connectivity index (χ1n) is 9.90. The smallest absolute Gasteiger partial charge is 0.263 e. The maximum atomic E-state index is 12.9. The Morgan fingerprint density at radius 2 is 1.97 bits per heavy atom. The van der Waals surface area contributed by atoms with Gasteiger partial charge in [0.05, 0.1) is 0 Å². The van der Waals surface area contributed by atoms with E-state index >= 15 is 0 Å². The number of hydrogen-bond acceptors (Lipinski definition) is 5. The minimum atomic E-state index is -0.522. The van der Waals surface area contributed by atoms with E-state index in [0.29, 0.717) is 17.3 Å². The summed E-state index contributed by atoms with van der Waals surface area (Å²) in [5.41, 5.74) is 2.72. The quantitative estimate of drug-likeness (QED) is 0.541. The number of carbonyl (C=O) groups excluding carboxylic acids is 1. The van der Waals surface area contributed by atoms with Crippen LogP contribution in [0.3, 0.4) is 0 Å².